The number of nitrogens with one attached hydrogen (secondary N) is 1. The zero-order chi connectivity index (χ0) is 17.7. The van der Waals surface area contributed by atoms with Crippen LogP contribution in [0.25, 0.3) is 0 Å². The number of amides is 2. The van der Waals surface area contributed by atoms with Crippen LogP contribution in [-0.4, -0.2) is 11.8 Å². The van der Waals surface area contributed by atoms with Crippen LogP contribution in [-0.2, 0) is 11.2 Å². The van der Waals surface area contributed by atoms with Crippen molar-refractivity contribution in [2.24, 2.45) is 5.73 Å². The van der Waals surface area contributed by atoms with Crippen molar-refractivity contribution in [2.75, 3.05) is 5.32 Å². The summed E-state index contributed by atoms with van der Waals surface area (Å²) in [7, 11) is 0. The first kappa shape index (κ1) is 17.5. The number of carbonyl (C=O) groups excluding carboxylic acids is 2. The number of primary amides is 1. The molecule has 2 amide bonds. The minimum absolute atomic E-state index is 0.0632. The first-order chi connectivity index (χ1) is 11.4. The van der Waals surface area contributed by atoms with Crippen LogP contribution in [0.3, 0.4) is 0 Å². The van der Waals surface area contributed by atoms with E-state index in [-0.39, 0.29) is 12.1 Å². The van der Waals surface area contributed by atoms with Crippen molar-refractivity contribution in [1.82, 2.24) is 0 Å². The van der Waals surface area contributed by atoms with Gasteiger partial charge >= 0.3 is 0 Å². The van der Waals surface area contributed by atoms with E-state index in [4.69, 9.17) is 5.73 Å². The molecule has 0 aromatic heterocycles. The monoisotopic (exact) mass is 336 g/mol. The summed E-state index contributed by atoms with van der Waals surface area (Å²) in [5.74, 6) is -5.36. The maximum atomic E-state index is 13.1. The molecule has 0 atom stereocenters. The second-order valence-corrected chi connectivity index (χ2v) is 5.18. The SMILES string of the molecule is NC(=O)c1ccccc1CCCC(=O)Nc1cc(F)c(F)c(F)c1. The zero-order valence-corrected chi connectivity index (χ0v) is 12.6. The van der Waals surface area contributed by atoms with Gasteiger partial charge in [0.25, 0.3) is 0 Å². The Balaban J connectivity index is 1.92. The molecule has 7 heteroatoms. The molecule has 2 rings (SSSR count). The zero-order valence-electron chi connectivity index (χ0n) is 12.6. The third-order valence-electron chi connectivity index (χ3n) is 3.40. The van der Waals surface area contributed by atoms with E-state index in [1.807, 2.05) is 0 Å². The maximum Gasteiger partial charge on any atom is 0.248 e. The van der Waals surface area contributed by atoms with Gasteiger partial charge in [-0.05, 0) is 24.5 Å². The summed E-state index contributed by atoms with van der Waals surface area (Å²) >= 11 is 0. The van der Waals surface area contributed by atoms with Gasteiger partial charge in [0, 0.05) is 29.8 Å². The van der Waals surface area contributed by atoms with E-state index in [9.17, 15) is 22.8 Å². The molecule has 0 saturated carbocycles. The van der Waals surface area contributed by atoms with Crippen LogP contribution in [0.4, 0.5) is 18.9 Å². The molecule has 0 aliphatic heterocycles. The van der Waals surface area contributed by atoms with Crippen LogP contribution in [0.5, 0.6) is 0 Å². The summed E-state index contributed by atoms with van der Waals surface area (Å²) in [6, 6.07) is 8.20. The maximum absolute atomic E-state index is 13.1. The first-order valence-electron chi connectivity index (χ1n) is 7.20. The molecule has 0 radical (unpaired) electrons. The van der Waals surface area contributed by atoms with Crippen molar-refractivity contribution < 1.29 is 22.8 Å². The summed E-state index contributed by atoms with van der Waals surface area (Å²) in [6.45, 7) is 0. The van der Waals surface area contributed by atoms with Crippen LogP contribution in [0.2, 0.25) is 0 Å². The quantitative estimate of drug-likeness (QED) is 0.795. The third-order valence-corrected chi connectivity index (χ3v) is 3.40. The van der Waals surface area contributed by atoms with Crippen molar-refractivity contribution in [2.45, 2.75) is 19.3 Å². The highest BCUT2D eigenvalue weighted by molar-refractivity contribution is 5.94. The molecule has 0 saturated heterocycles. The number of hydrogen-bond acceptors (Lipinski definition) is 2. The van der Waals surface area contributed by atoms with Gasteiger partial charge in [-0.15, -0.1) is 0 Å². The fourth-order valence-electron chi connectivity index (χ4n) is 2.27. The molecule has 0 unspecified atom stereocenters. The van der Waals surface area contributed by atoms with Gasteiger partial charge in [-0.1, -0.05) is 18.2 Å². The summed E-state index contributed by atoms with van der Waals surface area (Å²) in [5.41, 5.74) is 6.22. The fourth-order valence-corrected chi connectivity index (χ4v) is 2.27. The fraction of sp³-hybridized carbons (Fsp3) is 0.176. The molecule has 0 bridgehead atoms. The number of rotatable bonds is 6. The highest BCUT2D eigenvalue weighted by Crippen LogP contribution is 2.18. The predicted octanol–water partition coefficient (Wildman–Crippen LogP) is 3.16. The number of halogens is 3. The lowest BCUT2D eigenvalue weighted by molar-refractivity contribution is -0.116. The van der Waals surface area contributed by atoms with Gasteiger partial charge in [0.1, 0.15) is 0 Å². The van der Waals surface area contributed by atoms with Crippen LogP contribution in [0, 0.1) is 17.5 Å². The standard InChI is InChI=1S/C17H15F3N2O2/c18-13-8-11(9-14(19)16(13)20)22-15(23)7-3-5-10-4-1-2-6-12(10)17(21)24/h1-2,4,6,8-9H,3,5,7H2,(H2,21,24)(H,22,23). The molecular formula is C17H15F3N2O2. The molecule has 2 aromatic rings. The largest absolute Gasteiger partial charge is 0.366 e. The molecule has 0 fully saturated rings. The van der Waals surface area contributed by atoms with Gasteiger partial charge in [-0.25, -0.2) is 13.2 Å². The van der Waals surface area contributed by atoms with Gasteiger partial charge < -0.3 is 11.1 Å². The summed E-state index contributed by atoms with van der Waals surface area (Å²) < 4.78 is 39.0. The van der Waals surface area contributed by atoms with E-state index < -0.39 is 29.3 Å². The number of hydrogen-bond donors (Lipinski definition) is 2. The lowest BCUT2D eigenvalue weighted by Gasteiger charge is -2.08. The second-order valence-electron chi connectivity index (χ2n) is 5.18. The van der Waals surface area contributed by atoms with Crippen molar-refractivity contribution >= 4 is 17.5 Å². The van der Waals surface area contributed by atoms with Crippen molar-refractivity contribution in [3.63, 3.8) is 0 Å². The van der Waals surface area contributed by atoms with E-state index in [2.05, 4.69) is 5.32 Å². The number of benzene rings is 2. The molecule has 126 valence electrons. The Morgan fingerprint density at radius 3 is 2.29 bits per heavy atom. The van der Waals surface area contributed by atoms with Gasteiger partial charge in [0.05, 0.1) is 0 Å². The number of anilines is 1. The molecule has 0 aliphatic carbocycles. The highest BCUT2D eigenvalue weighted by atomic mass is 19.2. The normalized spacial score (nSPS) is 10.5. The molecule has 0 aliphatic rings. The van der Waals surface area contributed by atoms with E-state index in [1.54, 1.807) is 24.3 Å². The molecule has 4 nitrogen and oxygen atoms in total. The minimum atomic E-state index is -1.59. The lowest BCUT2D eigenvalue weighted by Crippen LogP contribution is -2.15. The number of aryl methyl sites for hydroxylation is 1. The van der Waals surface area contributed by atoms with Gasteiger partial charge in [-0.3, -0.25) is 9.59 Å². The second kappa shape index (κ2) is 7.63. The van der Waals surface area contributed by atoms with Gasteiger partial charge in [0.2, 0.25) is 11.8 Å². The Labute approximate surface area is 136 Å². The van der Waals surface area contributed by atoms with Crippen LogP contribution >= 0.6 is 0 Å². The third kappa shape index (κ3) is 4.34. The lowest BCUT2D eigenvalue weighted by atomic mass is 10.0. The Morgan fingerprint density at radius 2 is 1.67 bits per heavy atom. The Hall–Kier alpha value is -2.83. The molecule has 24 heavy (non-hydrogen) atoms. The minimum Gasteiger partial charge on any atom is -0.366 e. The summed E-state index contributed by atoms with van der Waals surface area (Å²) in [5, 5.41) is 2.30. The topological polar surface area (TPSA) is 72.2 Å². The molecule has 3 N–H and O–H groups in total. The van der Waals surface area contributed by atoms with Crippen molar-refractivity contribution in [1.29, 1.82) is 0 Å². The smallest absolute Gasteiger partial charge is 0.248 e. The van der Waals surface area contributed by atoms with E-state index >= 15 is 0 Å². The van der Waals surface area contributed by atoms with E-state index in [1.165, 1.54) is 0 Å². The Bertz CT molecular complexity index is 755. The molecule has 0 spiro atoms. The molecule has 2 aromatic carbocycles. The summed E-state index contributed by atoms with van der Waals surface area (Å²) in [6.07, 6.45) is 0.911. The number of carbonyl (C=O) groups is 2. The average molecular weight is 336 g/mol. The highest BCUT2D eigenvalue weighted by Gasteiger charge is 2.12. The van der Waals surface area contributed by atoms with E-state index in [0.29, 0.717) is 30.5 Å². The average Bonchev–Trinajstić information content (AvgIpc) is 2.52. The molecular weight excluding hydrogens is 321 g/mol. The van der Waals surface area contributed by atoms with Crippen molar-refractivity contribution in [3.05, 3.63) is 65.0 Å². The predicted molar refractivity (Wildman–Crippen MR) is 82.8 cm³/mol. The van der Waals surface area contributed by atoms with Gasteiger partial charge in [0.15, 0.2) is 17.5 Å². The first-order valence-corrected chi connectivity index (χ1v) is 7.20. The summed E-state index contributed by atoms with van der Waals surface area (Å²) in [4.78, 5) is 23.1. The Kier molecular flexibility index (Phi) is 5.57. The van der Waals surface area contributed by atoms with Crippen molar-refractivity contribution in [3.8, 4) is 0 Å². The van der Waals surface area contributed by atoms with Crippen LogP contribution < -0.4 is 11.1 Å². The van der Waals surface area contributed by atoms with E-state index in [0.717, 1.165) is 5.56 Å². The van der Waals surface area contributed by atoms with Crippen LogP contribution in [0.1, 0.15) is 28.8 Å². The molecule has 0 heterocycles. The Morgan fingerprint density at radius 1 is 1.04 bits per heavy atom. The van der Waals surface area contributed by atoms with Crippen LogP contribution in [0.15, 0.2) is 36.4 Å². The van der Waals surface area contributed by atoms with Gasteiger partial charge in [-0.2, -0.15) is 0 Å². The number of nitrogens with two attached hydrogens (primary N) is 1.